The van der Waals surface area contributed by atoms with Crippen LogP contribution in [-0.2, 0) is 6.54 Å². The Morgan fingerprint density at radius 1 is 1.15 bits per heavy atom. The van der Waals surface area contributed by atoms with Crippen molar-refractivity contribution < 1.29 is 4.74 Å². The van der Waals surface area contributed by atoms with E-state index in [0.717, 1.165) is 29.1 Å². The molecule has 20 heavy (non-hydrogen) atoms. The van der Waals surface area contributed by atoms with E-state index in [1.165, 1.54) is 10.9 Å². The Hall–Kier alpha value is -2.29. The van der Waals surface area contributed by atoms with Crippen LogP contribution in [0.3, 0.4) is 0 Å². The minimum atomic E-state index is 0.760. The van der Waals surface area contributed by atoms with Gasteiger partial charge in [0.1, 0.15) is 5.75 Å². The predicted octanol–water partition coefficient (Wildman–Crippen LogP) is 3.71. The van der Waals surface area contributed by atoms with Gasteiger partial charge in [0.15, 0.2) is 0 Å². The molecule has 0 aliphatic carbocycles. The minimum Gasteiger partial charge on any atom is -0.496 e. The standard InChI is InChI=1S/C17H18N2O/c1-12-10-18-15(13(2)17(12)20-3)11-19-9-8-14-6-4-5-7-16(14)19/h4-10H,11H2,1-3H3. The molecule has 0 N–H and O–H groups in total. The quantitative estimate of drug-likeness (QED) is 0.722. The first-order valence-electron chi connectivity index (χ1n) is 6.73. The number of methoxy groups -OCH3 is 1. The number of hydrogen-bond acceptors (Lipinski definition) is 2. The highest BCUT2D eigenvalue weighted by atomic mass is 16.5. The minimum absolute atomic E-state index is 0.760. The van der Waals surface area contributed by atoms with Crippen LogP contribution in [0.5, 0.6) is 5.75 Å². The van der Waals surface area contributed by atoms with Crippen LogP contribution in [0.1, 0.15) is 16.8 Å². The summed E-state index contributed by atoms with van der Waals surface area (Å²) in [4.78, 5) is 4.57. The van der Waals surface area contributed by atoms with E-state index in [2.05, 4.69) is 53.0 Å². The summed E-state index contributed by atoms with van der Waals surface area (Å²) in [5, 5.41) is 1.25. The lowest BCUT2D eigenvalue weighted by atomic mass is 10.1. The van der Waals surface area contributed by atoms with E-state index in [1.807, 2.05) is 13.1 Å². The van der Waals surface area contributed by atoms with Crippen molar-refractivity contribution in [2.75, 3.05) is 7.11 Å². The number of aromatic nitrogens is 2. The number of ether oxygens (including phenoxy) is 1. The summed E-state index contributed by atoms with van der Waals surface area (Å²) in [6.07, 6.45) is 3.99. The first-order chi connectivity index (χ1) is 9.70. The summed E-state index contributed by atoms with van der Waals surface area (Å²) in [6.45, 7) is 4.85. The smallest absolute Gasteiger partial charge is 0.128 e. The highest BCUT2D eigenvalue weighted by Gasteiger charge is 2.10. The second kappa shape index (κ2) is 5.00. The lowest BCUT2D eigenvalue weighted by molar-refractivity contribution is 0.406. The molecule has 0 unspecified atom stereocenters. The van der Waals surface area contributed by atoms with Crippen LogP contribution in [0.15, 0.2) is 42.7 Å². The normalized spacial score (nSPS) is 10.9. The van der Waals surface area contributed by atoms with Crippen molar-refractivity contribution in [1.29, 1.82) is 0 Å². The van der Waals surface area contributed by atoms with E-state index in [0.29, 0.717) is 0 Å². The molecule has 3 nitrogen and oxygen atoms in total. The topological polar surface area (TPSA) is 27.1 Å². The average molecular weight is 266 g/mol. The molecule has 2 heterocycles. The van der Waals surface area contributed by atoms with Crippen molar-refractivity contribution in [2.24, 2.45) is 0 Å². The summed E-state index contributed by atoms with van der Waals surface area (Å²) >= 11 is 0. The molecule has 0 aliphatic rings. The molecule has 1 aromatic carbocycles. The molecule has 0 aliphatic heterocycles. The molecular formula is C17H18N2O. The van der Waals surface area contributed by atoms with Crippen LogP contribution in [0.4, 0.5) is 0 Å². The summed E-state index contributed by atoms with van der Waals surface area (Å²) < 4.78 is 7.70. The average Bonchev–Trinajstić information content (AvgIpc) is 2.86. The fourth-order valence-corrected chi connectivity index (χ4v) is 2.67. The van der Waals surface area contributed by atoms with Crippen LogP contribution in [0.2, 0.25) is 0 Å². The molecule has 3 heteroatoms. The van der Waals surface area contributed by atoms with E-state index in [9.17, 15) is 0 Å². The van der Waals surface area contributed by atoms with Gasteiger partial charge in [0, 0.05) is 29.0 Å². The van der Waals surface area contributed by atoms with E-state index in [4.69, 9.17) is 4.74 Å². The Balaban J connectivity index is 2.03. The molecule has 0 saturated heterocycles. The van der Waals surface area contributed by atoms with Gasteiger partial charge in [0.25, 0.3) is 0 Å². The zero-order valence-electron chi connectivity index (χ0n) is 12.1. The van der Waals surface area contributed by atoms with Gasteiger partial charge in [-0.1, -0.05) is 18.2 Å². The fraction of sp³-hybridized carbons (Fsp3) is 0.235. The predicted molar refractivity (Wildman–Crippen MR) is 81.3 cm³/mol. The number of nitrogens with zero attached hydrogens (tertiary/aromatic N) is 2. The molecule has 0 fully saturated rings. The maximum atomic E-state index is 5.47. The van der Waals surface area contributed by atoms with Crippen LogP contribution in [-0.4, -0.2) is 16.7 Å². The zero-order valence-corrected chi connectivity index (χ0v) is 12.1. The van der Waals surface area contributed by atoms with Gasteiger partial charge in [-0.25, -0.2) is 0 Å². The molecule has 3 aromatic rings. The third kappa shape index (κ3) is 2.05. The molecule has 0 bridgehead atoms. The van der Waals surface area contributed by atoms with Crippen LogP contribution < -0.4 is 4.74 Å². The number of benzene rings is 1. The van der Waals surface area contributed by atoms with Gasteiger partial charge in [-0.3, -0.25) is 4.98 Å². The Morgan fingerprint density at radius 3 is 2.75 bits per heavy atom. The van der Waals surface area contributed by atoms with Crippen molar-refractivity contribution in [2.45, 2.75) is 20.4 Å². The maximum absolute atomic E-state index is 5.47. The molecular weight excluding hydrogens is 248 g/mol. The second-order valence-electron chi connectivity index (χ2n) is 5.05. The molecule has 0 amide bonds. The van der Waals surface area contributed by atoms with E-state index in [-0.39, 0.29) is 0 Å². The Bertz CT molecular complexity index is 759. The van der Waals surface area contributed by atoms with Crippen molar-refractivity contribution in [3.63, 3.8) is 0 Å². The van der Waals surface area contributed by atoms with Gasteiger partial charge >= 0.3 is 0 Å². The first-order valence-corrected chi connectivity index (χ1v) is 6.73. The van der Waals surface area contributed by atoms with Gasteiger partial charge < -0.3 is 9.30 Å². The van der Waals surface area contributed by atoms with Gasteiger partial charge in [0.05, 0.1) is 19.3 Å². The fourth-order valence-electron chi connectivity index (χ4n) is 2.67. The van der Waals surface area contributed by atoms with Gasteiger partial charge in [-0.2, -0.15) is 0 Å². The van der Waals surface area contributed by atoms with E-state index < -0.39 is 0 Å². The summed E-state index contributed by atoms with van der Waals surface area (Å²) in [7, 11) is 1.71. The summed E-state index contributed by atoms with van der Waals surface area (Å²) in [5.41, 5.74) is 4.47. The number of pyridine rings is 1. The third-order valence-electron chi connectivity index (χ3n) is 3.75. The monoisotopic (exact) mass is 266 g/mol. The molecule has 0 saturated carbocycles. The van der Waals surface area contributed by atoms with Gasteiger partial charge in [0.2, 0.25) is 0 Å². The van der Waals surface area contributed by atoms with Crippen LogP contribution in [0.25, 0.3) is 10.9 Å². The van der Waals surface area contributed by atoms with E-state index >= 15 is 0 Å². The van der Waals surface area contributed by atoms with E-state index in [1.54, 1.807) is 7.11 Å². The molecule has 0 spiro atoms. The molecule has 3 rings (SSSR count). The Morgan fingerprint density at radius 2 is 1.95 bits per heavy atom. The Labute approximate surface area is 118 Å². The van der Waals surface area contributed by atoms with Crippen LogP contribution in [0, 0.1) is 13.8 Å². The molecule has 102 valence electrons. The summed E-state index contributed by atoms with van der Waals surface area (Å²) in [6, 6.07) is 10.5. The number of fused-ring (bicyclic) bond motifs is 1. The maximum Gasteiger partial charge on any atom is 0.128 e. The zero-order chi connectivity index (χ0) is 14.1. The van der Waals surface area contributed by atoms with Crippen molar-refractivity contribution >= 4 is 10.9 Å². The highest BCUT2D eigenvalue weighted by molar-refractivity contribution is 5.80. The Kier molecular flexibility index (Phi) is 3.18. The summed E-state index contributed by atoms with van der Waals surface area (Å²) in [5.74, 6) is 0.937. The number of para-hydroxylation sites is 1. The molecule has 0 atom stereocenters. The van der Waals surface area contributed by atoms with Gasteiger partial charge in [-0.05, 0) is 31.4 Å². The molecule has 2 aromatic heterocycles. The lowest BCUT2D eigenvalue weighted by Crippen LogP contribution is -2.05. The van der Waals surface area contributed by atoms with Crippen LogP contribution >= 0.6 is 0 Å². The van der Waals surface area contributed by atoms with Gasteiger partial charge in [-0.15, -0.1) is 0 Å². The lowest BCUT2D eigenvalue weighted by Gasteiger charge is -2.13. The number of aryl methyl sites for hydroxylation is 1. The highest BCUT2D eigenvalue weighted by Crippen LogP contribution is 2.25. The number of hydrogen-bond donors (Lipinski definition) is 0. The number of rotatable bonds is 3. The SMILES string of the molecule is COc1c(C)cnc(Cn2ccc3ccccc32)c1C. The third-order valence-corrected chi connectivity index (χ3v) is 3.75. The van der Waals surface area contributed by atoms with Crippen molar-refractivity contribution in [3.05, 3.63) is 59.5 Å². The second-order valence-corrected chi connectivity index (χ2v) is 5.05. The van der Waals surface area contributed by atoms with Crippen molar-refractivity contribution in [1.82, 2.24) is 9.55 Å². The largest absolute Gasteiger partial charge is 0.496 e. The van der Waals surface area contributed by atoms with Crippen molar-refractivity contribution in [3.8, 4) is 5.75 Å². The molecule has 0 radical (unpaired) electrons. The first kappa shape index (κ1) is 12.7.